The SMILES string of the molecule is O=CC1CC(c2cccc(Cl)c2)Oc2ccc(O)cc21. The lowest BCUT2D eigenvalue weighted by atomic mass is 9.88. The summed E-state index contributed by atoms with van der Waals surface area (Å²) in [7, 11) is 0. The van der Waals surface area contributed by atoms with Crippen molar-refractivity contribution in [3.63, 3.8) is 0 Å². The second-order valence-corrected chi connectivity index (χ2v) is 5.30. The molecule has 0 fully saturated rings. The van der Waals surface area contributed by atoms with E-state index in [1.54, 1.807) is 24.3 Å². The van der Waals surface area contributed by atoms with Gasteiger partial charge in [0, 0.05) is 22.9 Å². The third-order valence-electron chi connectivity index (χ3n) is 3.51. The quantitative estimate of drug-likeness (QED) is 0.854. The van der Waals surface area contributed by atoms with Crippen LogP contribution in [0.2, 0.25) is 5.02 Å². The summed E-state index contributed by atoms with van der Waals surface area (Å²) in [5.74, 6) is 0.492. The molecule has 20 heavy (non-hydrogen) atoms. The Hall–Kier alpha value is -2.00. The van der Waals surface area contributed by atoms with Crippen LogP contribution in [0.3, 0.4) is 0 Å². The van der Waals surface area contributed by atoms with Gasteiger partial charge in [0.05, 0.1) is 0 Å². The van der Waals surface area contributed by atoms with Crippen LogP contribution in [0.4, 0.5) is 0 Å². The van der Waals surface area contributed by atoms with Crippen LogP contribution in [0, 0.1) is 0 Å². The second kappa shape index (κ2) is 5.17. The van der Waals surface area contributed by atoms with E-state index in [1.807, 2.05) is 18.2 Å². The van der Waals surface area contributed by atoms with E-state index < -0.39 is 0 Å². The standard InChI is InChI=1S/C16H13ClO3/c17-12-3-1-2-10(6-12)16-7-11(9-18)14-8-13(19)4-5-15(14)20-16/h1-6,8-9,11,16,19H,7H2. The molecule has 3 nitrogen and oxygen atoms in total. The summed E-state index contributed by atoms with van der Waals surface area (Å²) >= 11 is 6.00. The fourth-order valence-corrected chi connectivity index (χ4v) is 2.73. The van der Waals surface area contributed by atoms with Gasteiger partial charge in [0.1, 0.15) is 23.9 Å². The summed E-state index contributed by atoms with van der Waals surface area (Å²) in [5, 5.41) is 10.2. The summed E-state index contributed by atoms with van der Waals surface area (Å²) in [4.78, 5) is 11.3. The molecular weight excluding hydrogens is 276 g/mol. The molecule has 0 saturated carbocycles. The molecule has 0 saturated heterocycles. The number of carbonyl (C=O) groups is 1. The van der Waals surface area contributed by atoms with Crippen molar-refractivity contribution in [2.24, 2.45) is 0 Å². The highest BCUT2D eigenvalue weighted by atomic mass is 35.5. The summed E-state index contributed by atoms with van der Waals surface area (Å²) < 4.78 is 5.93. The van der Waals surface area contributed by atoms with Crippen molar-refractivity contribution in [1.29, 1.82) is 0 Å². The average Bonchev–Trinajstić information content (AvgIpc) is 2.46. The lowest BCUT2D eigenvalue weighted by Crippen LogP contribution is -2.19. The highest BCUT2D eigenvalue weighted by Crippen LogP contribution is 2.42. The van der Waals surface area contributed by atoms with E-state index in [4.69, 9.17) is 16.3 Å². The maximum absolute atomic E-state index is 11.3. The number of aldehydes is 1. The average molecular weight is 289 g/mol. The Morgan fingerprint density at radius 2 is 2.10 bits per heavy atom. The van der Waals surface area contributed by atoms with Gasteiger partial charge in [-0.25, -0.2) is 0 Å². The van der Waals surface area contributed by atoms with Crippen LogP contribution < -0.4 is 4.74 Å². The zero-order valence-electron chi connectivity index (χ0n) is 10.6. The van der Waals surface area contributed by atoms with Gasteiger partial charge in [0.25, 0.3) is 0 Å². The third kappa shape index (κ3) is 2.37. The molecule has 2 unspecified atom stereocenters. The largest absolute Gasteiger partial charge is 0.508 e. The molecule has 2 atom stereocenters. The van der Waals surface area contributed by atoms with Gasteiger partial charge in [-0.2, -0.15) is 0 Å². The molecule has 2 aromatic carbocycles. The molecule has 1 N–H and O–H groups in total. The Bertz CT molecular complexity index is 654. The molecule has 0 spiro atoms. The summed E-state index contributed by atoms with van der Waals surface area (Å²) in [6, 6.07) is 12.3. The van der Waals surface area contributed by atoms with Gasteiger partial charge in [-0.05, 0) is 35.9 Å². The Labute approximate surface area is 121 Å². The van der Waals surface area contributed by atoms with Crippen molar-refractivity contribution < 1.29 is 14.6 Å². The smallest absolute Gasteiger partial charge is 0.127 e. The van der Waals surface area contributed by atoms with Crippen molar-refractivity contribution in [2.45, 2.75) is 18.4 Å². The monoisotopic (exact) mass is 288 g/mol. The molecule has 1 aliphatic rings. The predicted molar refractivity (Wildman–Crippen MR) is 76.3 cm³/mol. The van der Waals surface area contributed by atoms with Crippen LogP contribution in [0.15, 0.2) is 42.5 Å². The number of rotatable bonds is 2. The zero-order chi connectivity index (χ0) is 14.1. The number of carbonyl (C=O) groups excluding carboxylic acids is 1. The zero-order valence-corrected chi connectivity index (χ0v) is 11.4. The molecule has 0 radical (unpaired) electrons. The Kier molecular flexibility index (Phi) is 3.36. The van der Waals surface area contributed by atoms with E-state index in [1.165, 1.54) is 0 Å². The van der Waals surface area contributed by atoms with Crippen molar-refractivity contribution in [2.75, 3.05) is 0 Å². The van der Waals surface area contributed by atoms with Gasteiger partial charge in [-0.1, -0.05) is 23.7 Å². The lowest BCUT2D eigenvalue weighted by Gasteiger charge is -2.30. The first-order chi connectivity index (χ1) is 9.67. The number of ether oxygens (including phenoxy) is 1. The van der Waals surface area contributed by atoms with E-state index in [0.29, 0.717) is 17.2 Å². The molecular formula is C16H13ClO3. The maximum atomic E-state index is 11.3. The highest BCUT2D eigenvalue weighted by Gasteiger charge is 2.29. The van der Waals surface area contributed by atoms with Gasteiger partial charge in [0.15, 0.2) is 0 Å². The van der Waals surface area contributed by atoms with E-state index in [0.717, 1.165) is 17.4 Å². The summed E-state index contributed by atoms with van der Waals surface area (Å²) in [5.41, 5.74) is 1.68. The number of aromatic hydroxyl groups is 1. The molecule has 1 aliphatic heterocycles. The maximum Gasteiger partial charge on any atom is 0.127 e. The van der Waals surface area contributed by atoms with Gasteiger partial charge < -0.3 is 14.6 Å². The molecule has 0 aromatic heterocycles. The van der Waals surface area contributed by atoms with Crippen LogP contribution in [0.5, 0.6) is 11.5 Å². The molecule has 0 amide bonds. The highest BCUT2D eigenvalue weighted by molar-refractivity contribution is 6.30. The number of phenolic OH excluding ortho intramolecular Hbond substituents is 1. The van der Waals surface area contributed by atoms with Crippen LogP contribution >= 0.6 is 11.6 Å². The number of fused-ring (bicyclic) bond motifs is 1. The predicted octanol–water partition coefficient (Wildman–Crippen LogP) is 3.85. The minimum absolute atomic E-state index is 0.139. The fraction of sp³-hybridized carbons (Fsp3) is 0.188. The molecule has 4 heteroatoms. The first kappa shape index (κ1) is 13.0. The van der Waals surface area contributed by atoms with Crippen molar-refractivity contribution in [3.05, 3.63) is 58.6 Å². The Morgan fingerprint density at radius 3 is 2.85 bits per heavy atom. The van der Waals surface area contributed by atoms with Crippen LogP contribution in [0.1, 0.15) is 29.6 Å². The topological polar surface area (TPSA) is 46.5 Å². The van der Waals surface area contributed by atoms with E-state index in [9.17, 15) is 9.90 Å². The minimum atomic E-state index is -0.283. The number of phenols is 1. The van der Waals surface area contributed by atoms with Crippen molar-refractivity contribution >= 4 is 17.9 Å². The summed E-state index contributed by atoms with van der Waals surface area (Å²) in [6.07, 6.45) is 1.24. The first-order valence-corrected chi connectivity index (χ1v) is 6.75. The summed E-state index contributed by atoms with van der Waals surface area (Å²) in [6.45, 7) is 0. The van der Waals surface area contributed by atoms with E-state index in [-0.39, 0.29) is 17.8 Å². The second-order valence-electron chi connectivity index (χ2n) is 4.86. The lowest BCUT2D eigenvalue weighted by molar-refractivity contribution is -0.110. The fourth-order valence-electron chi connectivity index (χ4n) is 2.53. The van der Waals surface area contributed by atoms with Crippen LogP contribution in [0.25, 0.3) is 0 Å². The van der Waals surface area contributed by atoms with Gasteiger partial charge in [0.2, 0.25) is 0 Å². The van der Waals surface area contributed by atoms with Gasteiger partial charge >= 0.3 is 0 Å². The Balaban J connectivity index is 1.99. The molecule has 0 aliphatic carbocycles. The number of benzene rings is 2. The molecule has 3 rings (SSSR count). The normalized spacial score (nSPS) is 20.9. The number of hydrogen-bond donors (Lipinski definition) is 1. The molecule has 1 heterocycles. The van der Waals surface area contributed by atoms with E-state index >= 15 is 0 Å². The van der Waals surface area contributed by atoms with Crippen LogP contribution in [-0.2, 0) is 4.79 Å². The Morgan fingerprint density at radius 1 is 1.25 bits per heavy atom. The minimum Gasteiger partial charge on any atom is -0.508 e. The third-order valence-corrected chi connectivity index (χ3v) is 3.75. The van der Waals surface area contributed by atoms with Gasteiger partial charge in [-0.15, -0.1) is 0 Å². The number of halogens is 1. The van der Waals surface area contributed by atoms with E-state index in [2.05, 4.69) is 0 Å². The van der Waals surface area contributed by atoms with Gasteiger partial charge in [-0.3, -0.25) is 0 Å². The molecule has 0 bridgehead atoms. The van der Waals surface area contributed by atoms with Crippen molar-refractivity contribution in [3.8, 4) is 11.5 Å². The van der Waals surface area contributed by atoms with Crippen LogP contribution in [-0.4, -0.2) is 11.4 Å². The molecule has 102 valence electrons. The molecule has 2 aromatic rings. The first-order valence-electron chi connectivity index (χ1n) is 6.37. The number of hydrogen-bond acceptors (Lipinski definition) is 3. The van der Waals surface area contributed by atoms with Crippen molar-refractivity contribution in [1.82, 2.24) is 0 Å².